The van der Waals surface area contributed by atoms with Crippen molar-refractivity contribution >= 4 is 62.2 Å². The Hall–Kier alpha value is -0.410. The Balaban J connectivity index is 3.23. The van der Waals surface area contributed by atoms with Gasteiger partial charge in [-0.05, 0) is 12.1 Å². The molecule has 0 unspecified atom stereocenters. The zero-order valence-corrected chi connectivity index (χ0v) is 13.4. The summed E-state index contributed by atoms with van der Waals surface area (Å²) in [6, 6.07) is 4.25. The van der Waals surface area contributed by atoms with Gasteiger partial charge in [-0.1, -0.05) is 63.7 Å². The summed E-state index contributed by atoms with van der Waals surface area (Å²) in [5, 5.41) is 2.72. The van der Waals surface area contributed by atoms with Gasteiger partial charge >= 0.3 is 19.4 Å². The van der Waals surface area contributed by atoms with Gasteiger partial charge in [-0.25, -0.2) is 0 Å². The van der Waals surface area contributed by atoms with Crippen molar-refractivity contribution in [2.24, 2.45) is 5.16 Å². The van der Waals surface area contributed by atoms with Gasteiger partial charge in [-0.2, -0.15) is 21.6 Å². The number of hydrogen-bond donors (Lipinski definition) is 0. The first-order chi connectivity index (χ1) is 9.34. The zero-order valence-electron chi connectivity index (χ0n) is 9.54. The van der Waals surface area contributed by atoms with Crippen LogP contribution in [0.2, 0.25) is 5.02 Å². The van der Waals surface area contributed by atoms with Crippen LogP contribution >= 0.6 is 46.4 Å². The summed E-state index contributed by atoms with van der Waals surface area (Å²) in [6.07, 6.45) is -5.00. The lowest BCUT2D eigenvalue weighted by Crippen LogP contribution is -2.27. The van der Waals surface area contributed by atoms with Crippen molar-refractivity contribution in [3.63, 3.8) is 0 Å². The van der Waals surface area contributed by atoms with Crippen LogP contribution in [0.3, 0.4) is 0 Å². The van der Waals surface area contributed by atoms with Gasteiger partial charge in [-0.15, -0.1) is 0 Å². The third kappa shape index (κ3) is 5.07. The summed E-state index contributed by atoms with van der Waals surface area (Å²) in [4.78, 5) is 0. The van der Waals surface area contributed by atoms with E-state index in [0.29, 0.717) is 0 Å². The molecule has 0 fully saturated rings. The lowest BCUT2D eigenvalue weighted by molar-refractivity contribution is -0.0597. The minimum absolute atomic E-state index is 0.176. The maximum atomic E-state index is 12.8. The molecule has 0 aliphatic heterocycles. The van der Waals surface area contributed by atoms with Crippen LogP contribution < -0.4 is 0 Å². The Bertz CT molecular complexity index is 638. The average molecular weight is 405 g/mol. The molecule has 1 aromatic rings. The molecular weight excluding hydrogens is 401 g/mol. The van der Waals surface area contributed by atoms with Gasteiger partial charge in [-0.3, -0.25) is 4.28 Å². The fourth-order valence-electron chi connectivity index (χ4n) is 1.00. The Morgan fingerprint density at radius 1 is 1.10 bits per heavy atom. The molecule has 0 spiro atoms. The van der Waals surface area contributed by atoms with E-state index in [4.69, 9.17) is 46.4 Å². The molecule has 1 rings (SSSR count). The van der Waals surface area contributed by atoms with Gasteiger partial charge in [0.25, 0.3) is 0 Å². The third-order valence-electron chi connectivity index (χ3n) is 1.90. The average Bonchev–Trinajstić information content (AvgIpc) is 2.28. The number of halogens is 7. The molecule has 0 aliphatic carbocycles. The van der Waals surface area contributed by atoms with Gasteiger partial charge in [0, 0.05) is 10.6 Å². The SMILES string of the molecule is O=S(=O)(ON=C(c1ccc(Cl)cc1)C(F)(F)F)C(Cl)(Cl)Cl. The molecule has 21 heavy (non-hydrogen) atoms. The molecule has 0 saturated heterocycles. The highest BCUT2D eigenvalue weighted by molar-refractivity contribution is 7.92. The second kappa shape index (κ2) is 6.37. The number of rotatable bonds is 3. The molecule has 1 aromatic carbocycles. The lowest BCUT2D eigenvalue weighted by Gasteiger charge is -2.12. The summed E-state index contributed by atoms with van der Waals surface area (Å²) in [7, 11) is -4.99. The van der Waals surface area contributed by atoms with Crippen LogP contribution in [0.25, 0.3) is 0 Å². The molecule has 12 heteroatoms. The van der Waals surface area contributed by atoms with E-state index in [9.17, 15) is 21.6 Å². The van der Waals surface area contributed by atoms with Crippen molar-refractivity contribution in [1.29, 1.82) is 0 Å². The molecule has 0 radical (unpaired) electrons. The van der Waals surface area contributed by atoms with Crippen molar-refractivity contribution in [1.82, 2.24) is 0 Å². The molecule has 0 aliphatic rings. The number of hydrogen-bond acceptors (Lipinski definition) is 4. The van der Waals surface area contributed by atoms with Crippen molar-refractivity contribution in [3.8, 4) is 0 Å². The van der Waals surface area contributed by atoms with Crippen molar-refractivity contribution in [2.75, 3.05) is 0 Å². The maximum absolute atomic E-state index is 12.8. The van der Waals surface area contributed by atoms with Crippen molar-refractivity contribution in [2.45, 2.75) is 9.30 Å². The Morgan fingerprint density at radius 3 is 1.95 bits per heavy atom. The summed E-state index contributed by atoms with van der Waals surface area (Å²) in [5.41, 5.74) is -2.11. The Kier molecular flexibility index (Phi) is 5.66. The predicted molar refractivity (Wildman–Crippen MR) is 74.3 cm³/mol. The monoisotopic (exact) mass is 403 g/mol. The van der Waals surface area contributed by atoms with Gasteiger partial charge in [0.1, 0.15) is 0 Å². The van der Waals surface area contributed by atoms with Crippen LogP contribution in [0.1, 0.15) is 5.56 Å². The van der Waals surface area contributed by atoms with E-state index in [1.807, 2.05) is 0 Å². The Morgan fingerprint density at radius 2 is 1.57 bits per heavy atom. The van der Waals surface area contributed by atoms with Crippen LogP contribution in [-0.2, 0) is 14.4 Å². The van der Waals surface area contributed by atoms with E-state index in [0.717, 1.165) is 24.3 Å². The van der Waals surface area contributed by atoms with Crippen LogP contribution in [0.15, 0.2) is 29.4 Å². The van der Waals surface area contributed by atoms with Crippen molar-refractivity contribution < 1.29 is 25.9 Å². The number of alkyl halides is 6. The molecule has 0 N–H and O–H groups in total. The highest BCUT2D eigenvalue weighted by atomic mass is 35.6. The molecule has 118 valence electrons. The fraction of sp³-hybridized carbons (Fsp3) is 0.222. The minimum atomic E-state index is -5.00. The topological polar surface area (TPSA) is 55.7 Å². The fourth-order valence-corrected chi connectivity index (χ4v) is 1.64. The zero-order chi connectivity index (χ0) is 16.5. The molecule has 0 saturated carbocycles. The third-order valence-corrected chi connectivity index (χ3v) is 4.69. The van der Waals surface area contributed by atoms with E-state index < -0.39 is 30.7 Å². The van der Waals surface area contributed by atoms with Gasteiger partial charge in [0.2, 0.25) is 0 Å². The highest BCUT2D eigenvalue weighted by Gasteiger charge is 2.43. The molecule has 0 aromatic heterocycles. The largest absolute Gasteiger partial charge is 0.437 e. The van der Waals surface area contributed by atoms with E-state index in [1.54, 1.807) is 0 Å². The van der Waals surface area contributed by atoms with E-state index in [1.165, 1.54) is 0 Å². The van der Waals surface area contributed by atoms with Gasteiger partial charge in [0.15, 0.2) is 5.71 Å². The molecular formula is C9H4Cl4F3NO3S. The molecule has 0 heterocycles. The first kappa shape index (κ1) is 18.6. The van der Waals surface area contributed by atoms with E-state index in [-0.39, 0.29) is 5.02 Å². The standard InChI is InChI=1S/C9H4Cl4F3NO3S/c10-6-3-1-5(2-4-6)7(8(14,15)16)17-20-21(18,19)9(11,12)13/h1-4H. The van der Waals surface area contributed by atoms with Crippen LogP contribution in [0.4, 0.5) is 13.2 Å². The predicted octanol–water partition coefficient (Wildman–Crippen LogP) is 4.28. The second-order valence-corrected chi connectivity index (χ2v) is 8.48. The quantitative estimate of drug-likeness (QED) is 0.429. The highest BCUT2D eigenvalue weighted by Crippen LogP contribution is 2.34. The summed E-state index contributed by atoms with van der Waals surface area (Å²) in [5.74, 6) is 0. The van der Waals surface area contributed by atoms with Crippen molar-refractivity contribution in [3.05, 3.63) is 34.9 Å². The minimum Gasteiger partial charge on any atom is -0.265 e. The van der Waals surface area contributed by atoms with Crippen LogP contribution in [-0.4, -0.2) is 23.4 Å². The summed E-state index contributed by atoms with van der Waals surface area (Å²) in [6.45, 7) is 0. The first-order valence-corrected chi connectivity index (χ1v) is 7.67. The van der Waals surface area contributed by atoms with E-state index in [2.05, 4.69) is 9.44 Å². The molecule has 0 amide bonds. The number of benzene rings is 1. The molecule has 4 nitrogen and oxygen atoms in total. The van der Waals surface area contributed by atoms with Crippen LogP contribution in [0, 0.1) is 0 Å². The van der Waals surface area contributed by atoms with Gasteiger partial charge in [0.05, 0.1) is 0 Å². The summed E-state index contributed by atoms with van der Waals surface area (Å²) < 4.78 is 61.8. The normalized spacial score (nSPS) is 14.1. The second-order valence-electron chi connectivity index (χ2n) is 3.42. The maximum Gasteiger partial charge on any atom is 0.437 e. The summed E-state index contributed by atoms with van der Waals surface area (Å²) >= 11 is 20.7. The van der Waals surface area contributed by atoms with Gasteiger partial charge < -0.3 is 0 Å². The lowest BCUT2D eigenvalue weighted by atomic mass is 10.1. The van der Waals surface area contributed by atoms with E-state index >= 15 is 0 Å². The first-order valence-electron chi connectivity index (χ1n) is 4.75. The molecule has 0 atom stereocenters. The Labute approximate surface area is 137 Å². The smallest absolute Gasteiger partial charge is 0.265 e. The number of nitrogens with zero attached hydrogens (tertiary/aromatic N) is 1. The number of oxime groups is 1. The van der Waals surface area contributed by atoms with Crippen LogP contribution in [0.5, 0.6) is 0 Å². The molecule has 0 bridgehead atoms.